The van der Waals surface area contributed by atoms with Gasteiger partial charge >= 0.3 is 11.9 Å². The third kappa shape index (κ3) is 7.41. The molecule has 0 aliphatic carbocycles. The van der Waals surface area contributed by atoms with Crippen LogP contribution in [0.15, 0.2) is 12.2 Å². The number of hydrogen-bond donors (Lipinski definition) is 0. The largest absolute Gasteiger partial charge is 0.469 e. The number of carbonyl (C=O) groups excluding carboxylic acids is 3. The molecule has 0 aromatic carbocycles. The third-order valence-electron chi connectivity index (χ3n) is 4.75. The van der Waals surface area contributed by atoms with Crippen LogP contribution in [0.3, 0.4) is 0 Å². The highest BCUT2D eigenvalue weighted by atomic mass is 19.3. The summed E-state index contributed by atoms with van der Waals surface area (Å²) < 4.78 is 32.3. The Labute approximate surface area is 165 Å². The van der Waals surface area contributed by atoms with E-state index in [0.717, 1.165) is 11.3 Å². The molecule has 0 saturated carbocycles. The van der Waals surface area contributed by atoms with Gasteiger partial charge in [-0.3, -0.25) is 14.4 Å². The van der Waals surface area contributed by atoms with E-state index < -0.39 is 24.3 Å². The molecule has 0 bridgehead atoms. The van der Waals surface area contributed by atoms with Crippen molar-refractivity contribution in [1.29, 1.82) is 0 Å². The minimum atomic E-state index is -3.40. The Morgan fingerprint density at radius 2 is 2.00 bits per heavy atom. The summed E-state index contributed by atoms with van der Waals surface area (Å²) in [7, 11) is 1.33. The minimum absolute atomic E-state index is 0.187. The summed E-state index contributed by atoms with van der Waals surface area (Å²) in [6.45, 7) is 3.62. The van der Waals surface area contributed by atoms with Gasteiger partial charge in [0.25, 0.3) is 5.91 Å². The number of rotatable bonds is 11. The predicted molar refractivity (Wildman–Crippen MR) is 102 cm³/mol. The Morgan fingerprint density at radius 3 is 2.64 bits per heavy atom. The summed E-state index contributed by atoms with van der Waals surface area (Å²) >= 11 is 0. The van der Waals surface area contributed by atoms with Crippen LogP contribution < -0.4 is 0 Å². The first-order valence-electron chi connectivity index (χ1n) is 9.60. The predicted octanol–water partition coefficient (Wildman–Crippen LogP) is 3.52. The highest BCUT2D eigenvalue weighted by Crippen LogP contribution is 2.34. The zero-order valence-electron chi connectivity index (χ0n) is 16.8. The maximum atomic E-state index is 13.9. The van der Waals surface area contributed by atoms with E-state index in [2.05, 4.69) is 16.6 Å². The lowest BCUT2D eigenvalue weighted by Crippen LogP contribution is -2.36. The second-order valence-corrected chi connectivity index (χ2v) is 7.01. The molecule has 5 nitrogen and oxygen atoms in total. The van der Waals surface area contributed by atoms with E-state index in [1.165, 1.54) is 19.3 Å². The Bertz CT molecular complexity index is 649. The van der Waals surface area contributed by atoms with Crippen molar-refractivity contribution < 1.29 is 27.9 Å². The van der Waals surface area contributed by atoms with Gasteiger partial charge in [0.15, 0.2) is 5.78 Å². The van der Waals surface area contributed by atoms with Crippen LogP contribution in [-0.2, 0) is 19.1 Å². The van der Waals surface area contributed by atoms with Crippen molar-refractivity contribution >= 4 is 17.7 Å². The normalized spacial score (nSPS) is 19.4. The summed E-state index contributed by atoms with van der Waals surface area (Å²) in [4.78, 5) is 36.3. The number of likely N-dealkylation sites (tertiary alicyclic amines) is 1. The lowest BCUT2D eigenvalue weighted by molar-refractivity contribution is -0.148. The van der Waals surface area contributed by atoms with Gasteiger partial charge in [-0.05, 0) is 25.8 Å². The number of alkyl halides is 2. The van der Waals surface area contributed by atoms with E-state index in [4.69, 9.17) is 0 Å². The molecule has 0 N–H and O–H groups in total. The first-order chi connectivity index (χ1) is 13.2. The van der Waals surface area contributed by atoms with Crippen LogP contribution in [-0.4, -0.2) is 48.2 Å². The lowest BCUT2D eigenvalue weighted by Gasteiger charge is -2.21. The average Bonchev–Trinajstić information content (AvgIpc) is 2.89. The van der Waals surface area contributed by atoms with E-state index in [0.29, 0.717) is 32.1 Å². The topological polar surface area (TPSA) is 63.7 Å². The van der Waals surface area contributed by atoms with Gasteiger partial charge < -0.3 is 9.64 Å². The number of methoxy groups -OCH3 is 1. The molecule has 28 heavy (non-hydrogen) atoms. The molecule has 1 saturated heterocycles. The number of unbranched alkanes of at least 4 members (excludes halogenated alkanes) is 3. The summed E-state index contributed by atoms with van der Waals surface area (Å²) in [6, 6.07) is -0.786. The smallest absolute Gasteiger partial charge is 0.327 e. The molecule has 0 aromatic heterocycles. The monoisotopic (exact) mass is 397 g/mol. The first kappa shape index (κ1) is 23.8. The van der Waals surface area contributed by atoms with E-state index >= 15 is 0 Å². The molecule has 1 fully saturated rings. The van der Waals surface area contributed by atoms with Gasteiger partial charge in [0, 0.05) is 31.7 Å². The molecular formula is C21H29F2NO4. The quantitative estimate of drug-likeness (QED) is 0.232. The summed E-state index contributed by atoms with van der Waals surface area (Å²) in [6.07, 6.45) is 5.52. The van der Waals surface area contributed by atoms with Gasteiger partial charge in [0.1, 0.15) is 0 Å². The van der Waals surface area contributed by atoms with Gasteiger partial charge in [0.2, 0.25) is 0 Å². The van der Waals surface area contributed by atoms with E-state index in [-0.39, 0.29) is 24.2 Å². The average molecular weight is 397 g/mol. The van der Waals surface area contributed by atoms with Crippen molar-refractivity contribution in [3.63, 3.8) is 0 Å². The SMILES string of the molecule is CC#CCC(C)C(=O)C=CC1CC(F)(F)C(=O)N1CCCCCCC(=O)OC. The molecule has 1 amide bonds. The van der Waals surface area contributed by atoms with Crippen LogP contribution in [0, 0.1) is 17.8 Å². The number of esters is 1. The molecule has 0 radical (unpaired) electrons. The number of allylic oxidation sites excluding steroid dienone is 1. The van der Waals surface area contributed by atoms with E-state index in [1.807, 2.05) is 0 Å². The number of ether oxygens (including phenoxy) is 1. The fourth-order valence-corrected chi connectivity index (χ4v) is 2.99. The number of amides is 1. The summed E-state index contributed by atoms with van der Waals surface area (Å²) in [5.41, 5.74) is 0. The molecule has 1 heterocycles. The van der Waals surface area contributed by atoms with Crippen LogP contribution in [0.5, 0.6) is 0 Å². The number of hydrogen-bond acceptors (Lipinski definition) is 4. The molecular weight excluding hydrogens is 368 g/mol. The van der Waals surface area contributed by atoms with Gasteiger partial charge in [-0.15, -0.1) is 11.8 Å². The van der Waals surface area contributed by atoms with Crippen LogP contribution in [0.4, 0.5) is 8.78 Å². The zero-order chi connectivity index (χ0) is 21.2. The fraction of sp³-hybridized carbons (Fsp3) is 0.667. The molecule has 156 valence electrons. The van der Waals surface area contributed by atoms with Crippen molar-refractivity contribution in [1.82, 2.24) is 4.90 Å². The molecule has 1 rings (SSSR count). The van der Waals surface area contributed by atoms with Gasteiger partial charge in [0.05, 0.1) is 13.2 Å². The third-order valence-corrected chi connectivity index (χ3v) is 4.75. The number of halogens is 2. The first-order valence-corrected chi connectivity index (χ1v) is 9.60. The van der Waals surface area contributed by atoms with Crippen molar-refractivity contribution in [3.8, 4) is 11.8 Å². The second kappa shape index (κ2) is 11.6. The standard InChI is InChI=1S/C21H29F2NO4/c1-4-5-10-16(2)18(25)13-12-17-15-21(22,23)20(27)24(17)14-9-7-6-8-11-19(26)28-3/h12-13,16-17H,6-11,14-15H2,1-3H3. The fourth-order valence-electron chi connectivity index (χ4n) is 2.99. The second-order valence-electron chi connectivity index (χ2n) is 7.01. The number of ketones is 1. The van der Waals surface area contributed by atoms with Crippen molar-refractivity contribution in [2.24, 2.45) is 5.92 Å². The van der Waals surface area contributed by atoms with Crippen LogP contribution in [0.2, 0.25) is 0 Å². The molecule has 2 unspecified atom stereocenters. The Hall–Kier alpha value is -2.23. The van der Waals surface area contributed by atoms with E-state index in [1.54, 1.807) is 13.8 Å². The Kier molecular flexibility index (Phi) is 9.84. The Morgan fingerprint density at radius 1 is 1.32 bits per heavy atom. The van der Waals surface area contributed by atoms with Crippen LogP contribution in [0.25, 0.3) is 0 Å². The van der Waals surface area contributed by atoms with Gasteiger partial charge in [-0.1, -0.05) is 25.8 Å². The summed E-state index contributed by atoms with van der Waals surface area (Å²) in [5, 5.41) is 0. The molecule has 0 spiro atoms. The highest BCUT2D eigenvalue weighted by Gasteiger charge is 2.52. The number of nitrogens with zero attached hydrogens (tertiary/aromatic N) is 1. The molecule has 1 aliphatic heterocycles. The maximum absolute atomic E-state index is 13.9. The lowest BCUT2D eigenvalue weighted by atomic mass is 10.0. The van der Waals surface area contributed by atoms with E-state index in [9.17, 15) is 23.2 Å². The summed E-state index contributed by atoms with van der Waals surface area (Å²) in [5.74, 6) is 0.177. The van der Waals surface area contributed by atoms with Crippen molar-refractivity contribution in [2.75, 3.05) is 13.7 Å². The molecule has 1 aliphatic rings. The minimum Gasteiger partial charge on any atom is -0.469 e. The molecule has 2 atom stereocenters. The highest BCUT2D eigenvalue weighted by molar-refractivity contribution is 5.92. The zero-order valence-corrected chi connectivity index (χ0v) is 16.8. The number of carbonyl (C=O) groups is 3. The molecule has 0 aromatic rings. The maximum Gasteiger partial charge on any atom is 0.327 e. The van der Waals surface area contributed by atoms with Crippen molar-refractivity contribution in [2.45, 2.75) is 70.8 Å². The van der Waals surface area contributed by atoms with Crippen LogP contribution in [0.1, 0.15) is 58.8 Å². The molecule has 7 heteroatoms. The van der Waals surface area contributed by atoms with Gasteiger partial charge in [-0.25, -0.2) is 0 Å². The van der Waals surface area contributed by atoms with Crippen LogP contribution >= 0.6 is 0 Å². The van der Waals surface area contributed by atoms with Crippen molar-refractivity contribution in [3.05, 3.63) is 12.2 Å². The Balaban J connectivity index is 2.57. The van der Waals surface area contributed by atoms with Gasteiger partial charge in [-0.2, -0.15) is 8.78 Å².